The van der Waals surface area contributed by atoms with E-state index in [1.54, 1.807) is 11.8 Å². The standard InChI is InChI=1S/C20H18N2S/c1-14-6-8-15(9-7-14)13-23-19-12-17-11-10-16-4-2-3-5-18(16)20(17)22-21-19/h2-9,12H,10-11,13H2,1H3. The molecule has 0 aliphatic heterocycles. The Morgan fingerprint density at radius 1 is 0.913 bits per heavy atom. The fourth-order valence-corrected chi connectivity index (χ4v) is 3.81. The summed E-state index contributed by atoms with van der Waals surface area (Å²) in [7, 11) is 0. The van der Waals surface area contributed by atoms with Crippen molar-refractivity contribution >= 4 is 11.8 Å². The molecular formula is C20H18N2S. The second-order valence-electron chi connectivity index (χ2n) is 5.99. The van der Waals surface area contributed by atoms with Crippen LogP contribution < -0.4 is 0 Å². The van der Waals surface area contributed by atoms with Gasteiger partial charge in [0.15, 0.2) is 0 Å². The Labute approximate surface area is 141 Å². The lowest BCUT2D eigenvalue weighted by Crippen LogP contribution is -2.07. The smallest absolute Gasteiger partial charge is 0.119 e. The number of fused-ring (bicyclic) bond motifs is 3. The summed E-state index contributed by atoms with van der Waals surface area (Å²) in [6.45, 7) is 2.11. The zero-order valence-electron chi connectivity index (χ0n) is 13.1. The quantitative estimate of drug-likeness (QED) is 0.646. The van der Waals surface area contributed by atoms with Gasteiger partial charge in [-0.05, 0) is 42.5 Å². The molecule has 2 aromatic carbocycles. The number of hydrogen-bond acceptors (Lipinski definition) is 3. The average Bonchev–Trinajstić information content (AvgIpc) is 2.61. The summed E-state index contributed by atoms with van der Waals surface area (Å²) in [5.41, 5.74) is 7.64. The highest BCUT2D eigenvalue weighted by atomic mass is 32.2. The van der Waals surface area contributed by atoms with Crippen LogP contribution in [0, 0.1) is 6.92 Å². The molecule has 2 nitrogen and oxygen atoms in total. The van der Waals surface area contributed by atoms with Gasteiger partial charge in [0, 0.05) is 11.3 Å². The number of hydrogen-bond donors (Lipinski definition) is 0. The number of rotatable bonds is 3. The first-order valence-electron chi connectivity index (χ1n) is 7.93. The molecule has 0 N–H and O–H groups in total. The van der Waals surface area contributed by atoms with Crippen molar-refractivity contribution in [3.63, 3.8) is 0 Å². The Kier molecular flexibility index (Phi) is 3.88. The predicted molar refractivity (Wildman–Crippen MR) is 95.6 cm³/mol. The van der Waals surface area contributed by atoms with Gasteiger partial charge in [0.1, 0.15) is 5.03 Å². The second kappa shape index (κ2) is 6.17. The van der Waals surface area contributed by atoms with Crippen LogP contribution in [-0.4, -0.2) is 10.2 Å². The predicted octanol–water partition coefficient (Wildman–Crippen LogP) is 4.84. The summed E-state index contributed by atoms with van der Waals surface area (Å²) in [6.07, 6.45) is 2.15. The van der Waals surface area contributed by atoms with E-state index in [1.807, 2.05) is 0 Å². The molecule has 1 heterocycles. The fourth-order valence-electron chi connectivity index (χ4n) is 2.98. The maximum absolute atomic E-state index is 4.52. The molecule has 1 aromatic heterocycles. The zero-order valence-corrected chi connectivity index (χ0v) is 13.9. The lowest BCUT2D eigenvalue weighted by atomic mass is 9.90. The molecule has 0 radical (unpaired) electrons. The SMILES string of the molecule is Cc1ccc(CSc2cc3c(nn2)-c2ccccc2CC3)cc1. The minimum absolute atomic E-state index is 0.935. The first kappa shape index (κ1) is 14.5. The highest BCUT2D eigenvalue weighted by Crippen LogP contribution is 2.33. The fraction of sp³-hybridized carbons (Fsp3) is 0.200. The number of aromatic nitrogens is 2. The van der Waals surface area contributed by atoms with Crippen LogP contribution in [0.4, 0.5) is 0 Å². The highest BCUT2D eigenvalue weighted by Gasteiger charge is 2.18. The molecule has 3 aromatic rings. The Bertz CT molecular complexity index is 841. The Hall–Kier alpha value is -2.13. The van der Waals surface area contributed by atoms with Crippen molar-refractivity contribution in [2.24, 2.45) is 0 Å². The van der Waals surface area contributed by atoms with Crippen molar-refractivity contribution in [2.75, 3.05) is 0 Å². The molecule has 23 heavy (non-hydrogen) atoms. The van der Waals surface area contributed by atoms with Crippen LogP contribution in [0.25, 0.3) is 11.3 Å². The Balaban J connectivity index is 1.55. The Morgan fingerprint density at radius 3 is 2.57 bits per heavy atom. The maximum Gasteiger partial charge on any atom is 0.119 e. The molecule has 0 fully saturated rings. The van der Waals surface area contributed by atoms with Crippen LogP contribution in [0.15, 0.2) is 59.6 Å². The van der Waals surface area contributed by atoms with Gasteiger partial charge < -0.3 is 0 Å². The van der Waals surface area contributed by atoms with Gasteiger partial charge in [0.25, 0.3) is 0 Å². The molecule has 0 spiro atoms. The summed E-state index contributed by atoms with van der Waals surface area (Å²) >= 11 is 1.76. The maximum atomic E-state index is 4.52. The van der Waals surface area contributed by atoms with Crippen LogP contribution >= 0.6 is 11.8 Å². The number of thioether (sulfide) groups is 1. The molecule has 0 bridgehead atoms. The molecule has 0 atom stereocenters. The van der Waals surface area contributed by atoms with Crippen molar-refractivity contribution in [1.29, 1.82) is 0 Å². The largest absolute Gasteiger partial charge is 0.149 e. The lowest BCUT2D eigenvalue weighted by Gasteiger charge is -2.18. The third-order valence-electron chi connectivity index (χ3n) is 4.29. The van der Waals surface area contributed by atoms with Crippen LogP contribution in [0.1, 0.15) is 22.3 Å². The number of aryl methyl sites for hydroxylation is 3. The van der Waals surface area contributed by atoms with Crippen LogP contribution in [0.5, 0.6) is 0 Å². The number of benzene rings is 2. The van der Waals surface area contributed by atoms with E-state index < -0.39 is 0 Å². The summed E-state index contributed by atoms with van der Waals surface area (Å²) in [4.78, 5) is 0. The summed E-state index contributed by atoms with van der Waals surface area (Å²) in [6, 6.07) is 19.4. The molecular weight excluding hydrogens is 300 g/mol. The van der Waals surface area contributed by atoms with E-state index in [0.717, 1.165) is 29.3 Å². The summed E-state index contributed by atoms with van der Waals surface area (Å²) < 4.78 is 0. The molecule has 0 unspecified atom stereocenters. The van der Waals surface area contributed by atoms with Crippen molar-refractivity contribution in [2.45, 2.75) is 30.5 Å². The van der Waals surface area contributed by atoms with Crippen LogP contribution in [0.2, 0.25) is 0 Å². The summed E-state index contributed by atoms with van der Waals surface area (Å²) in [5, 5.41) is 9.97. The normalized spacial score (nSPS) is 12.6. The van der Waals surface area contributed by atoms with Crippen molar-refractivity contribution in [3.05, 3.63) is 76.9 Å². The van der Waals surface area contributed by atoms with Crippen molar-refractivity contribution in [3.8, 4) is 11.3 Å². The zero-order chi connectivity index (χ0) is 15.6. The van der Waals surface area contributed by atoms with E-state index in [1.165, 1.54) is 27.8 Å². The van der Waals surface area contributed by atoms with E-state index in [-0.39, 0.29) is 0 Å². The first-order chi connectivity index (χ1) is 11.3. The third kappa shape index (κ3) is 3.02. The van der Waals surface area contributed by atoms with Gasteiger partial charge in [-0.25, -0.2) is 0 Å². The average molecular weight is 318 g/mol. The molecule has 1 aliphatic carbocycles. The van der Waals surface area contributed by atoms with E-state index in [4.69, 9.17) is 0 Å². The minimum Gasteiger partial charge on any atom is -0.149 e. The molecule has 0 amide bonds. The van der Waals surface area contributed by atoms with E-state index >= 15 is 0 Å². The van der Waals surface area contributed by atoms with E-state index in [2.05, 4.69) is 71.7 Å². The highest BCUT2D eigenvalue weighted by molar-refractivity contribution is 7.98. The van der Waals surface area contributed by atoms with Gasteiger partial charge in [-0.3, -0.25) is 0 Å². The van der Waals surface area contributed by atoms with E-state index in [9.17, 15) is 0 Å². The molecule has 0 saturated heterocycles. The topological polar surface area (TPSA) is 25.8 Å². The lowest BCUT2D eigenvalue weighted by molar-refractivity contribution is 0.855. The first-order valence-corrected chi connectivity index (χ1v) is 8.91. The molecule has 4 rings (SSSR count). The number of nitrogens with zero attached hydrogens (tertiary/aromatic N) is 2. The van der Waals surface area contributed by atoms with Gasteiger partial charge in [-0.1, -0.05) is 65.9 Å². The van der Waals surface area contributed by atoms with Gasteiger partial charge in [-0.15, -0.1) is 10.2 Å². The molecule has 3 heteroatoms. The molecule has 0 saturated carbocycles. The third-order valence-corrected chi connectivity index (χ3v) is 5.27. The minimum atomic E-state index is 0.935. The second-order valence-corrected chi connectivity index (χ2v) is 6.98. The van der Waals surface area contributed by atoms with Crippen molar-refractivity contribution in [1.82, 2.24) is 10.2 Å². The van der Waals surface area contributed by atoms with Crippen LogP contribution in [0.3, 0.4) is 0 Å². The summed E-state index contributed by atoms with van der Waals surface area (Å²) in [5.74, 6) is 0.935. The van der Waals surface area contributed by atoms with Gasteiger partial charge >= 0.3 is 0 Å². The van der Waals surface area contributed by atoms with E-state index in [0.29, 0.717) is 0 Å². The van der Waals surface area contributed by atoms with Crippen molar-refractivity contribution < 1.29 is 0 Å². The van der Waals surface area contributed by atoms with Gasteiger partial charge in [-0.2, -0.15) is 0 Å². The molecule has 114 valence electrons. The van der Waals surface area contributed by atoms with Gasteiger partial charge in [0.2, 0.25) is 0 Å². The Morgan fingerprint density at radius 2 is 1.70 bits per heavy atom. The molecule has 1 aliphatic rings. The van der Waals surface area contributed by atoms with Gasteiger partial charge in [0.05, 0.1) is 5.69 Å². The van der Waals surface area contributed by atoms with Crippen LogP contribution in [-0.2, 0) is 18.6 Å². The monoisotopic (exact) mass is 318 g/mol.